The smallest absolute Gasteiger partial charge is 0.266 e. The molecule has 0 saturated carbocycles. The zero-order chi connectivity index (χ0) is 21.3. The predicted octanol–water partition coefficient (Wildman–Crippen LogP) is 3.15. The minimum absolute atomic E-state index is 0.104. The first kappa shape index (κ1) is 22.0. The number of allylic oxidation sites excluding steroid dienone is 2. The summed E-state index contributed by atoms with van der Waals surface area (Å²) in [5, 5.41) is 12.4. The first-order valence-electron chi connectivity index (χ1n) is 9.46. The highest BCUT2D eigenvalue weighted by molar-refractivity contribution is 8.26. The minimum atomic E-state index is -0.377. The molecule has 2 amide bonds. The highest BCUT2D eigenvalue weighted by Crippen LogP contribution is 2.31. The van der Waals surface area contributed by atoms with Gasteiger partial charge in [-0.2, -0.15) is 0 Å². The van der Waals surface area contributed by atoms with Crippen LogP contribution in [0.5, 0.6) is 0 Å². The fraction of sp³-hybridized carbons (Fsp3) is 0.227. The number of nitrogens with zero attached hydrogens (tertiary/aromatic N) is 1. The Labute approximate surface area is 184 Å². The normalized spacial score (nSPS) is 16.6. The maximum Gasteiger partial charge on any atom is 0.266 e. The second-order valence-corrected chi connectivity index (χ2v) is 8.29. The van der Waals surface area contributed by atoms with Crippen LogP contribution in [0.2, 0.25) is 0 Å². The van der Waals surface area contributed by atoms with E-state index >= 15 is 0 Å². The van der Waals surface area contributed by atoms with Gasteiger partial charge in [0.05, 0.1) is 23.8 Å². The number of benzene rings is 1. The van der Waals surface area contributed by atoms with Crippen molar-refractivity contribution in [3.8, 4) is 0 Å². The molecule has 1 aromatic carbocycles. The van der Waals surface area contributed by atoms with Crippen molar-refractivity contribution in [2.45, 2.75) is 18.9 Å². The molecule has 1 fully saturated rings. The summed E-state index contributed by atoms with van der Waals surface area (Å²) in [5.74, 6) is 0.234. The Hall–Kier alpha value is -2.68. The third-order valence-electron chi connectivity index (χ3n) is 4.40. The Morgan fingerprint density at radius 1 is 1.27 bits per heavy atom. The van der Waals surface area contributed by atoms with Crippen molar-refractivity contribution in [1.82, 2.24) is 10.2 Å². The monoisotopic (exact) mass is 442 g/mol. The molecule has 2 aromatic rings. The third-order valence-corrected chi connectivity index (χ3v) is 5.79. The molecule has 0 unspecified atom stereocenters. The minimum Gasteiger partial charge on any atom is -0.465 e. The molecule has 0 radical (unpaired) electrons. The SMILES string of the molecule is O=C(CCN1C(=O)/C(=C\C=C\c2ccco2)SC1=S)N[C@@H](CO)Cc1ccccc1. The lowest BCUT2D eigenvalue weighted by Gasteiger charge is -2.18. The number of hydrogen-bond acceptors (Lipinski definition) is 6. The van der Waals surface area contributed by atoms with Crippen LogP contribution in [-0.2, 0) is 16.0 Å². The van der Waals surface area contributed by atoms with E-state index in [9.17, 15) is 14.7 Å². The molecule has 30 heavy (non-hydrogen) atoms. The van der Waals surface area contributed by atoms with Gasteiger partial charge in [0.2, 0.25) is 5.91 Å². The van der Waals surface area contributed by atoms with Gasteiger partial charge in [0.25, 0.3) is 5.91 Å². The number of carbonyl (C=O) groups excluding carboxylic acids is 2. The molecule has 1 saturated heterocycles. The molecule has 0 spiro atoms. The standard InChI is InChI=1S/C22H22N2O4S2/c25-15-17(14-16-6-2-1-3-7-16)23-20(26)11-12-24-21(27)19(30-22(24)29)10-4-8-18-9-5-13-28-18/h1-10,13,17,25H,11-12,14-15H2,(H,23,26)/b8-4+,19-10+/t17-/m1/s1. The second-order valence-electron chi connectivity index (χ2n) is 6.62. The summed E-state index contributed by atoms with van der Waals surface area (Å²) in [4.78, 5) is 26.8. The summed E-state index contributed by atoms with van der Waals surface area (Å²) < 4.78 is 5.63. The number of thiocarbonyl (C=S) groups is 1. The van der Waals surface area contributed by atoms with Crippen LogP contribution in [-0.4, -0.2) is 45.3 Å². The highest BCUT2D eigenvalue weighted by atomic mass is 32.2. The average molecular weight is 443 g/mol. The fourth-order valence-electron chi connectivity index (χ4n) is 2.90. The maximum atomic E-state index is 12.6. The molecule has 156 valence electrons. The van der Waals surface area contributed by atoms with Gasteiger partial charge in [-0.15, -0.1) is 0 Å². The van der Waals surface area contributed by atoms with E-state index in [0.29, 0.717) is 21.4 Å². The zero-order valence-corrected chi connectivity index (χ0v) is 17.8. The van der Waals surface area contributed by atoms with Crippen LogP contribution in [0.1, 0.15) is 17.7 Å². The molecule has 8 heteroatoms. The molecule has 1 aliphatic heterocycles. The summed E-state index contributed by atoms with van der Waals surface area (Å²) in [6.45, 7) is 0.0334. The molecule has 3 rings (SSSR count). The topological polar surface area (TPSA) is 82.8 Å². The molecule has 1 aliphatic rings. The lowest BCUT2D eigenvalue weighted by atomic mass is 10.1. The number of rotatable bonds is 9. The Kier molecular flexibility index (Phi) is 8.01. The first-order valence-corrected chi connectivity index (χ1v) is 10.7. The van der Waals surface area contributed by atoms with Gasteiger partial charge < -0.3 is 14.8 Å². The maximum absolute atomic E-state index is 12.6. The molecule has 1 aromatic heterocycles. The molecular formula is C22H22N2O4S2. The number of aliphatic hydroxyl groups excluding tert-OH is 1. The predicted molar refractivity (Wildman–Crippen MR) is 122 cm³/mol. The van der Waals surface area contributed by atoms with Crippen molar-refractivity contribution in [1.29, 1.82) is 0 Å². The largest absolute Gasteiger partial charge is 0.465 e. The second kappa shape index (κ2) is 10.9. The van der Waals surface area contributed by atoms with Crippen molar-refractivity contribution in [3.63, 3.8) is 0 Å². The number of amides is 2. The Morgan fingerprint density at radius 2 is 2.07 bits per heavy atom. The molecule has 1 atom stereocenters. The van der Waals surface area contributed by atoms with Crippen molar-refractivity contribution in [2.24, 2.45) is 0 Å². The van der Waals surface area contributed by atoms with Gasteiger partial charge in [-0.25, -0.2) is 0 Å². The van der Waals surface area contributed by atoms with E-state index in [-0.39, 0.29) is 37.4 Å². The van der Waals surface area contributed by atoms with Crippen molar-refractivity contribution < 1.29 is 19.1 Å². The summed E-state index contributed by atoms with van der Waals surface area (Å²) in [6.07, 6.45) is 7.38. The quantitative estimate of drug-likeness (QED) is 0.459. The highest BCUT2D eigenvalue weighted by Gasteiger charge is 2.31. The lowest BCUT2D eigenvalue weighted by molar-refractivity contribution is -0.124. The van der Waals surface area contributed by atoms with Crippen LogP contribution in [0.15, 0.2) is 70.2 Å². The van der Waals surface area contributed by atoms with Gasteiger partial charge in [0.1, 0.15) is 10.1 Å². The average Bonchev–Trinajstić information content (AvgIpc) is 3.35. The zero-order valence-electron chi connectivity index (χ0n) is 16.2. The van der Waals surface area contributed by atoms with Crippen LogP contribution in [0.3, 0.4) is 0 Å². The number of hydrogen-bond donors (Lipinski definition) is 2. The van der Waals surface area contributed by atoms with Crippen LogP contribution < -0.4 is 5.32 Å². The molecule has 0 bridgehead atoms. The molecule has 2 N–H and O–H groups in total. The summed E-state index contributed by atoms with van der Waals surface area (Å²) >= 11 is 6.49. The molecular weight excluding hydrogens is 420 g/mol. The molecule has 0 aliphatic carbocycles. The number of carbonyl (C=O) groups is 2. The van der Waals surface area contributed by atoms with E-state index in [4.69, 9.17) is 16.6 Å². The van der Waals surface area contributed by atoms with Crippen LogP contribution in [0, 0.1) is 0 Å². The Morgan fingerprint density at radius 3 is 2.77 bits per heavy atom. The van der Waals surface area contributed by atoms with Crippen molar-refractivity contribution in [2.75, 3.05) is 13.2 Å². The van der Waals surface area contributed by atoms with E-state index in [1.54, 1.807) is 30.6 Å². The number of thioether (sulfide) groups is 1. The van der Waals surface area contributed by atoms with Gasteiger partial charge in [0.15, 0.2) is 0 Å². The number of aliphatic hydroxyl groups is 1. The van der Waals surface area contributed by atoms with Gasteiger partial charge in [-0.3, -0.25) is 14.5 Å². The van der Waals surface area contributed by atoms with Crippen molar-refractivity contribution in [3.05, 3.63) is 77.1 Å². The van der Waals surface area contributed by atoms with Gasteiger partial charge >= 0.3 is 0 Å². The van der Waals surface area contributed by atoms with Crippen LogP contribution in [0.25, 0.3) is 6.08 Å². The number of nitrogens with one attached hydrogen (secondary N) is 1. The Bertz CT molecular complexity index is 939. The Balaban J connectivity index is 1.50. The van der Waals surface area contributed by atoms with Crippen molar-refractivity contribution >= 4 is 46.2 Å². The van der Waals surface area contributed by atoms with E-state index in [1.807, 2.05) is 36.4 Å². The number of furan rings is 1. The van der Waals surface area contributed by atoms with E-state index in [1.165, 1.54) is 16.7 Å². The van der Waals surface area contributed by atoms with E-state index in [0.717, 1.165) is 5.56 Å². The molecule has 2 heterocycles. The third kappa shape index (κ3) is 6.16. The van der Waals surface area contributed by atoms with Crippen LogP contribution in [0.4, 0.5) is 0 Å². The van der Waals surface area contributed by atoms with Crippen LogP contribution >= 0.6 is 24.0 Å². The fourth-order valence-corrected chi connectivity index (χ4v) is 4.16. The summed E-state index contributed by atoms with van der Waals surface area (Å²) in [5.41, 5.74) is 1.03. The van der Waals surface area contributed by atoms with Gasteiger partial charge in [0, 0.05) is 13.0 Å². The summed E-state index contributed by atoms with van der Waals surface area (Å²) in [6, 6.07) is 12.9. The molecule has 6 nitrogen and oxygen atoms in total. The van der Waals surface area contributed by atoms with E-state index in [2.05, 4.69) is 5.32 Å². The lowest BCUT2D eigenvalue weighted by Crippen LogP contribution is -2.41. The van der Waals surface area contributed by atoms with E-state index < -0.39 is 0 Å². The van der Waals surface area contributed by atoms with Gasteiger partial charge in [-0.1, -0.05) is 60.4 Å². The van der Waals surface area contributed by atoms with Gasteiger partial charge in [-0.05, 0) is 36.3 Å². The summed E-state index contributed by atoms with van der Waals surface area (Å²) in [7, 11) is 0. The first-order chi connectivity index (χ1) is 14.6.